The van der Waals surface area contributed by atoms with E-state index in [0.29, 0.717) is 13.0 Å². The van der Waals surface area contributed by atoms with Crippen LogP contribution in [0.5, 0.6) is 0 Å². The van der Waals surface area contributed by atoms with Crippen LogP contribution in [0.4, 0.5) is 4.39 Å². The second kappa shape index (κ2) is 7.48. The van der Waals surface area contributed by atoms with Gasteiger partial charge in [-0.2, -0.15) is 0 Å². The number of methoxy groups -OCH3 is 1. The fourth-order valence-corrected chi connectivity index (χ4v) is 1.53. The minimum Gasteiger partial charge on any atom is -0.480 e. The molecule has 0 bridgehead atoms. The van der Waals surface area contributed by atoms with Crippen LogP contribution in [-0.4, -0.2) is 36.7 Å². The maximum atomic E-state index is 12.7. The van der Waals surface area contributed by atoms with E-state index in [0.717, 1.165) is 12.1 Å². The Labute approximate surface area is 110 Å². The van der Waals surface area contributed by atoms with Crippen molar-refractivity contribution in [2.45, 2.75) is 18.9 Å². The maximum Gasteiger partial charge on any atom is 0.326 e. The molecule has 1 atom stereocenters. The van der Waals surface area contributed by atoms with Crippen molar-refractivity contribution in [3.05, 3.63) is 35.6 Å². The molecule has 0 heterocycles. The van der Waals surface area contributed by atoms with Crippen molar-refractivity contribution in [3.8, 4) is 0 Å². The van der Waals surface area contributed by atoms with Crippen LogP contribution in [-0.2, 0) is 9.53 Å². The third-order valence-electron chi connectivity index (χ3n) is 2.55. The lowest BCUT2D eigenvalue weighted by Crippen LogP contribution is -2.40. The van der Waals surface area contributed by atoms with Gasteiger partial charge in [0.25, 0.3) is 5.91 Å². The third-order valence-corrected chi connectivity index (χ3v) is 2.55. The number of rotatable bonds is 7. The fraction of sp³-hybridized carbons (Fsp3) is 0.385. The molecule has 0 aliphatic carbocycles. The summed E-state index contributed by atoms with van der Waals surface area (Å²) in [6.45, 7) is 0.427. The van der Waals surface area contributed by atoms with E-state index >= 15 is 0 Å². The van der Waals surface area contributed by atoms with Gasteiger partial charge in [-0.15, -0.1) is 0 Å². The first-order valence-corrected chi connectivity index (χ1v) is 5.82. The Bertz CT molecular complexity index is 433. The number of hydrogen-bond donors (Lipinski definition) is 2. The van der Waals surface area contributed by atoms with Crippen molar-refractivity contribution in [1.82, 2.24) is 5.32 Å². The summed E-state index contributed by atoms with van der Waals surface area (Å²) in [5.41, 5.74) is 0.222. The van der Waals surface area contributed by atoms with Crippen LogP contribution >= 0.6 is 0 Å². The first-order chi connectivity index (χ1) is 9.04. The summed E-state index contributed by atoms with van der Waals surface area (Å²) in [6.07, 6.45) is 0.799. The number of amides is 1. The number of halogens is 1. The molecule has 0 spiro atoms. The molecule has 1 rings (SSSR count). The fourth-order valence-electron chi connectivity index (χ4n) is 1.53. The topological polar surface area (TPSA) is 75.6 Å². The first-order valence-electron chi connectivity index (χ1n) is 5.82. The second-order valence-electron chi connectivity index (χ2n) is 4.01. The predicted octanol–water partition coefficient (Wildman–Crippen LogP) is 1.44. The maximum absolute atomic E-state index is 12.7. The van der Waals surface area contributed by atoms with Gasteiger partial charge in [0.15, 0.2) is 0 Å². The van der Waals surface area contributed by atoms with Gasteiger partial charge in [0.2, 0.25) is 0 Å². The summed E-state index contributed by atoms with van der Waals surface area (Å²) in [5, 5.41) is 11.4. The molecule has 0 radical (unpaired) electrons. The second-order valence-corrected chi connectivity index (χ2v) is 4.01. The van der Waals surface area contributed by atoms with Crippen molar-refractivity contribution in [3.63, 3.8) is 0 Å². The van der Waals surface area contributed by atoms with E-state index in [2.05, 4.69) is 5.32 Å². The zero-order chi connectivity index (χ0) is 14.3. The Balaban J connectivity index is 2.60. The van der Waals surface area contributed by atoms with E-state index in [1.807, 2.05) is 0 Å². The number of carboxylic acid groups (broad SMARTS) is 1. The number of carbonyl (C=O) groups is 2. The lowest BCUT2D eigenvalue weighted by atomic mass is 10.1. The number of benzene rings is 1. The number of nitrogens with one attached hydrogen (secondary N) is 1. The summed E-state index contributed by atoms with van der Waals surface area (Å²) in [6, 6.07) is 3.93. The van der Waals surface area contributed by atoms with Crippen molar-refractivity contribution in [2.24, 2.45) is 0 Å². The molecule has 1 amide bonds. The molecule has 6 heteroatoms. The first kappa shape index (κ1) is 15.1. The van der Waals surface area contributed by atoms with Gasteiger partial charge in [0, 0.05) is 19.3 Å². The average Bonchev–Trinajstić information content (AvgIpc) is 2.38. The SMILES string of the molecule is COCCCC(NC(=O)c1ccc(F)cc1)C(=O)O. The van der Waals surface area contributed by atoms with Crippen molar-refractivity contribution < 1.29 is 23.8 Å². The molecule has 0 saturated carbocycles. The predicted molar refractivity (Wildman–Crippen MR) is 66.4 cm³/mol. The van der Waals surface area contributed by atoms with E-state index in [1.165, 1.54) is 19.2 Å². The minimum atomic E-state index is -1.11. The summed E-state index contributed by atoms with van der Waals surface area (Å²) in [7, 11) is 1.52. The number of aliphatic carboxylic acids is 1. The molecule has 19 heavy (non-hydrogen) atoms. The highest BCUT2D eigenvalue weighted by molar-refractivity contribution is 5.96. The van der Waals surface area contributed by atoms with E-state index in [1.54, 1.807) is 0 Å². The van der Waals surface area contributed by atoms with Crippen molar-refractivity contribution >= 4 is 11.9 Å². The monoisotopic (exact) mass is 269 g/mol. The van der Waals surface area contributed by atoms with E-state index in [4.69, 9.17) is 9.84 Å². The van der Waals surface area contributed by atoms with Crippen LogP contribution in [0, 0.1) is 5.82 Å². The number of carboxylic acids is 1. The standard InChI is InChI=1S/C13H16FNO4/c1-19-8-2-3-11(13(17)18)15-12(16)9-4-6-10(14)7-5-9/h4-7,11H,2-3,8H2,1H3,(H,15,16)(H,17,18). The Hall–Kier alpha value is -1.95. The summed E-state index contributed by atoms with van der Waals surface area (Å²) >= 11 is 0. The summed E-state index contributed by atoms with van der Waals surface area (Å²) in [4.78, 5) is 22.8. The van der Waals surface area contributed by atoms with E-state index in [-0.39, 0.29) is 12.0 Å². The van der Waals surface area contributed by atoms with Gasteiger partial charge in [-0.05, 0) is 37.1 Å². The van der Waals surface area contributed by atoms with Crippen LogP contribution in [0.25, 0.3) is 0 Å². The van der Waals surface area contributed by atoms with Gasteiger partial charge in [0.1, 0.15) is 11.9 Å². The van der Waals surface area contributed by atoms with Crippen LogP contribution < -0.4 is 5.32 Å². The molecule has 0 saturated heterocycles. The summed E-state index contributed by atoms with van der Waals surface area (Å²) < 4.78 is 17.5. The molecule has 0 aliphatic heterocycles. The molecule has 1 aromatic carbocycles. The number of hydrogen-bond acceptors (Lipinski definition) is 3. The number of ether oxygens (including phenoxy) is 1. The minimum absolute atomic E-state index is 0.222. The Morgan fingerprint density at radius 1 is 1.37 bits per heavy atom. The molecular formula is C13H16FNO4. The van der Waals surface area contributed by atoms with Crippen LogP contribution in [0.2, 0.25) is 0 Å². The van der Waals surface area contributed by atoms with Crippen LogP contribution in [0.15, 0.2) is 24.3 Å². The van der Waals surface area contributed by atoms with E-state index in [9.17, 15) is 14.0 Å². The Morgan fingerprint density at radius 2 is 2.00 bits per heavy atom. The van der Waals surface area contributed by atoms with Gasteiger partial charge in [-0.3, -0.25) is 4.79 Å². The molecule has 2 N–H and O–H groups in total. The summed E-state index contributed by atoms with van der Waals surface area (Å²) in [5.74, 6) is -2.09. The molecular weight excluding hydrogens is 253 g/mol. The third kappa shape index (κ3) is 5.05. The molecule has 5 nitrogen and oxygen atoms in total. The van der Waals surface area contributed by atoms with Crippen LogP contribution in [0.3, 0.4) is 0 Å². The zero-order valence-electron chi connectivity index (χ0n) is 10.6. The quantitative estimate of drug-likeness (QED) is 0.734. The van der Waals surface area contributed by atoms with Gasteiger partial charge in [0.05, 0.1) is 0 Å². The number of carbonyl (C=O) groups excluding carboxylic acids is 1. The normalized spacial score (nSPS) is 11.9. The van der Waals surface area contributed by atoms with Gasteiger partial charge < -0.3 is 15.2 Å². The highest BCUT2D eigenvalue weighted by Gasteiger charge is 2.20. The van der Waals surface area contributed by atoms with Gasteiger partial charge >= 0.3 is 5.97 Å². The van der Waals surface area contributed by atoms with Crippen molar-refractivity contribution in [2.75, 3.05) is 13.7 Å². The Morgan fingerprint density at radius 3 is 2.53 bits per heavy atom. The highest BCUT2D eigenvalue weighted by Crippen LogP contribution is 2.05. The lowest BCUT2D eigenvalue weighted by Gasteiger charge is -2.14. The lowest BCUT2D eigenvalue weighted by molar-refractivity contribution is -0.139. The van der Waals surface area contributed by atoms with Gasteiger partial charge in [-0.1, -0.05) is 0 Å². The zero-order valence-corrected chi connectivity index (χ0v) is 10.6. The molecule has 0 aromatic heterocycles. The largest absolute Gasteiger partial charge is 0.480 e. The molecule has 0 aliphatic rings. The Kier molecular flexibility index (Phi) is 5.95. The molecule has 1 unspecified atom stereocenters. The molecule has 0 fully saturated rings. The van der Waals surface area contributed by atoms with Gasteiger partial charge in [-0.25, -0.2) is 9.18 Å². The molecule has 1 aromatic rings. The average molecular weight is 269 g/mol. The van der Waals surface area contributed by atoms with Crippen molar-refractivity contribution in [1.29, 1.82) is 0 Å². The molecule has 104 valence electrons. The van der Waals surface area contributed by atoms with E-state index < -0.39 is 23.7 Å². The highest BCUT2D eigenvalue weighted by atomic mass is 19.1. The van der Waals surface area contributed by atoms with Crippen LogP contribution in [0.1, 0.15) is 23.2 Å². The smallest absolute Gasteiger partial charge is 0.326 e.